The van der Waals surface area contributed by atoms with Gasteiger partial charge in [-0.2, -0.15) is 0 Å². The van der Waals surface area contributed by atoms with E-state index in [9.17, 15) is 4.79 Å². The molecule has 1 aromatic heterocycles. The number of hydrogen-bond acceptors (Lipinski definition) is 3. The molecule has 3 nitrogen and oxygen atoms in total. The van der Waals surface area contributed by atoms with Gasteiger partial charge in [0, 0.05) is 17.5 Å². The van der Waals surface area contributed by atoms with E-state index in [1.165, 1.54) is 41.9 Å². The molecule has 1 aliphatic rings. The fraction of sp³-hybridized carbons (Fsp3) is 0.615. The fourth-order valence-electron chi connectivity index (χ4n) is 2.51. The molecule has 1 aromatic rings. The van der Waals surface area contributed by atoms with Crippen molar-refractivity contribution in [1.29, 1.82) is 0 Å². The lowest BCUT2D eigenvalue weighted by atomic mass is 10.00. The molecule has 0 aromatic carbocycles. The number of carboxylic acids is 1. The molecule has 0 saturated carbocycles. The summed E-state index contributed by atoms with van der Waals surface area (Å²) in [6.07, 6.45) is 5.08. The zero-order chi connectivity index (χ0) is 12.3. The first-order valence-corrected chi connectivity index (χ1v) is 7.08. The minimum Gasteiger partial charge on any atom is -0.477 e. The van der Waals surface area contributed by atoms with Crippen LogP contribution in [0.25, 0.3) is 0 Å². The Labute approximate surface area is 106 Å². The van der Waals surface area contributed by atoms with E-state index in [1.807, 2.05) is 6.07 Å². The normalized spacial score (nSPS) is 21.6. The Morgan fingerprint density at radius 1 is 1.53 bits per heavy atom. The van der Waals surface area contributed by atoms with Crippen molar-refractivity contribution in [3.05, 3.63) is 21.9 Å². The first kappa shape index (κ1) is 12.6. The van der Waals surface area contributed by atoms with E-state index in [-0.39, 0.29) is 0 Å². The van der Waals surface area contributed by atoms with Crippen molar-refractivity contribution in [2.45, 2.75) is 45.2 Å². The minimum absolute atomic E-state index is 0.449. The van der Waals surface area contributed by atoms with E-state index >= 15 is 0 Å². The van der Waals surface area contributed by atoms with Crippen LogP contribution in [0.1, 0.15) is 47.2 Å². The third-order valence-corrected chi connectivity index (χ3v) is 4.51. The van der Waals surface area contributed by atoms with Gasteiger partial charge in [0.05, 0.1) is 0 Å². The van der Waals surface area contributed by atoms with E-state index < -0.39 is 5.97 Å². The Morgan fingerprint density at radius 2 is 2.35 bits per heavy atom. The first-order chi connectivity index (χ1) is 8.20. The lowest BCUT2D eigenvalue weighted by Gasteiger charge is -2.34. The van der Waals surface area contributed by atoms with E-state index in [0.29, 0.717) is 10.9 Å². The van der Waals surface area contributed by atoms with Crippen LogP contribution in [-0.4, -0.2) is 28.6 Å². The second-order valence-electron chi connectivity index (χ2n) is 4.60. The van der Waals surface area contributed by atoms with Gasteiger partial charge in [-0.05, 0) is 37.9 Å². The summed E-state index contributed by atoms with van der Waals surface area (Å²) in [5, 5.41) is 8.90. The average Bonchev–Trinajstić information content (AvgIpc) is 2.78. The summed E-state index contributed by atoms with van der Waals surface area (Å²) < 4.78 is 0. The molecule has 0 aliphatic carbocycles. The summed E-state index contributed by atoms with van der Waals surface area (Å²) in [6, 6.07) is 4.35. The monoisotopic (exact) mass is 253 g/mol. The highest BCUT2D eigenvalue weighted by atomic mass is 32.1. The number of carbonyl (C=O) groups is 1. The minimum atomic E-state index is -0.813. The van der Waals surface area contributed by atoms with Crippen LogP contribution in [0.4, 0.5) is 0 Å². The molecule has 0 amide bonds. The molecule has 0 radical (unpaired) electrons. The van der Waals surface area contributed by atoms with E-state index in [1.54, 1.807) is 6.07 Å². The van der Waals surface area contributed by atoms with Gasteiger partial charge in [-0.15, -0.1) is 11.3 Å². The van der Waals surface area contributed by atoms with Crippen LogP contribution in [0.5, 0.6) is 0 Å². The number of rotatable bonds is 4. The van der Waals surface area contributed by atoms with Crippen molar-refractivity contribution >= 4 is 17.3 Å². The molecule has 1 saturated heterocycles. The van der Waals surface area contributed by atoms with Crippen LogP contribution in [0.3, 0.4) is 0 Å². The predicted octanol–water partition coefficient (Wildman–Crippen LogP) is 3.21. The van der Waals surface area contributed by atoms with Crippen LogP contribution >= 0.6 is 11.3 Å². The molecule has 0 spiro atoms. The van der Waals surface area contributed by atoms with Crippen molar-refractivity contribution in [3.63, 3.8) is 0 Å². The van der Waals surface area contributed by atoms with Crippen LogP contribution in [0.15, 0.2) is 12.1 Å². The zero-order valence-corrected chi connectivity index (χ0v) is 11.0. The standard InChI is InChI=1S/C13H19NO2S/c1-2-10-5-3-4-8-14(10)9-11-6-7-12(17-11)13(15)16/h6-7,10H,2-5,8-9H2,1H3,(H,15,16). The summed E-state index contributed by atoms with van der Waals surface area (Å²) in [5.41, 5.74) is 0. The third kappa shape index (κ3) is 3.07. The summed E-state index contributed by atoms with van der Waals surface area (Å²) in [7, 11) is 0. The van der Waals surface area contributed by atoms with Gasteiger partial charge in [0.2, 0.25) is 0 Å². The molecule has 1 unspecified atom stereocenters. The number of hydrogen-bond donors (Lipinski definition) is 1. The van der Waals surface area contributed by atoms with Gasteiger partial charge in [0.25, 0.3) is 0 Å². The maximum atomic E-state index is 10.8. The molecule has 1 N–H and O–H groups in total. The molecule has 4 heteroatoms. The Kier molecular flexibility index (Phi) is 4.18. The topological polar surface area (TPSA) is 40.5 Å². The number of carboxylic acid groups (broad SMARTS) is 1. The van der Waals surface area contributed by atoms with Crippen molar-refractivity contribution in [2.75, 3.05) is 6.54 Å². The lowest BCUT2D eigenvalue weighted by Crippen LogP contribution is -2.38. The number of aromatic carboxylic acids is 1. The average molecular weight is 253 g/mol. The molecular formula is C13H19NO2S. The number of piperidine rings is 1. The number of nitrogens with zero attached hydrogens (tertiary/aromatic N) is 1. The molecule has 0 bridgehead atoms. The number of likely N-dealkylation sites (tertiary alicyclic amines) is 1. The summed E-state index contributed by atoms with van der Waals surface area (Å²) in [5.74, 6) is -0.813. The molecular weight excluding hydrogens is 234 g/mol. The maximum absolute atomic E-state index is 10.8. The Balaban J connectivity index is 2.00. The highest BCUT2D eigenvalue weighted by Crippen LogP contribution is 2.24. The van der Waals surface area contributed by atoms with Crippen molar-refractivity contribution in [2.24, 2.45) is 0 Å². The molecule has 1 aliphatic heterocycles. The summed E-state index contributed by atoms with van der Waals surface area (Å²) in [4.78, 5) is 14.9. The van der Waals surface area contributed by atoms with E-state index in [4.69, 9.17) is 5.11 Å². The second-order valence-corrected chi connectivity index (χ2v) is 5.77. The van der Waals surface area contributed by atoms with Gasteiger partial charge < -0.3 is 5.11 Å². The molecule has 17 heavy (non-hydrogen) atoms. The third-order valence-electron chi connectivity index (χ3n) is 3.45. The van der Waals surface area contributed by atoms with Gasteiger partial charge in [-0.3, -0.25) is 4.90 Å². The smallest absolute Gasteiger partial charge is 0.345 e. The van der Waals surface area contributed by atoms with Gasteiger partial charge in [0.1, 0.15) is 4.88 Å². The van der Waals surface area contributed by atoms with Gasteiger partial charge in [0.15, 0.2) is 0 Å². The molecule has 94 valence electrons. The first-order valence-electron chi connectivity index (χ1n) is 6.26. The van der Waals surface area contributed by atoms with Gasteiger partial charge >= 0.3 is 5.97 Å². The van der Waals surface area contributed by atoms with Crippen molar-refractivity contribution in [3.8, 4) is 0 Å². The van der Waals surface area contributed by atoms with Crippen molar-refractivity contribution in [1.82, 2.24) is 4.90 Å². The number of thiophene rings is 1. The van der Waals surface area contributed by atoms with E-state index in [0.717, 1.165) is 13.1 Å². The molecule has 1 fully saturated rings. The quantitative estimate of drug-likeness (QED) is 0.895. The van der Waals surface area contributed by atoms with Crippen LogP contribution in [-0.2, 0) is 6.54 Å². The predicted molar refractivity (Wildman–Crippen MR) is 69.6 cm³/mol. The SMILES string of the molecule is CCC1CCCCN1Cc1ccc(C(=O)O)s1. The molecule has 2 heterocycles. The lowest BCUT2D eigenvalue weighted by molar-refractivity contribution is 0.0702. The highest BCUT2D eigenvalue weighted by Gasteiger charge is 2.21. The van der Waals surface area contributed by atoms with Crippen LogP contribution < -0.4 is 0 Å². The Bertz CT molecular complexity index is 389. The fourth-order valence-corrected chi connectivity index (χ4v) is 3.38. The summed E-state index contributed by atoms with van der Waals surface area (Å²) >= 11 is 1.41. The Hall–Kier alpha value is -0.870. The largest absolute Gasteiger partial charge is 0.477 e. The Morgan fingerprint density at radius 3 is 3.00 bits per heavy atom. The van der Waals surface area contributed by atoms with Crippen LogP contribution in [0.2, 0.25) is 0 Å². The van der Waals surface area contributed by atoms with Gasteiger partial charge in [-0.25, -0.2) is 4.79 Å². The van der Waals surface area contributed by atoms with E-state index in [2.05, 4.69) is 11.8 Å². The second kappa shape index (κ2) is 5.65. The molecule has 2 rings (SSSR count). The maximum Gasteiger partial charge on any atom is 0.345 e. The van der Waals surface area contributed by atoms with Crippen LogP contribution in [0, 0.1) is 0 Å². The highest BCUT2D eigenvalue weighted by molar-refractivity contribution is 7.13. The van der Waals surface area contributed by atoms with Crippen molar-refractivity contribution < 1.29 is 9.90 Å². The summed E-state index contributed by atoms with van der Waals surface area (Å²) in [6.45, 7) is 4.30. The van der Waals surface area contributed by atoms with Gasteiger partial charge in [-0.1, -0.05) is 13.3 Å². The zero-order valence-electron chi connectivity index (χ0n) is 10.2. The molecule has 1 atom stereocenters.